The summed E-state index contributed by atoms with van der Waals surface area (Å²) in [4.78, 5) is 25.5. The maximum atomic E-state index is 13.3. The van der Waals surface area contributed by atoms with E-state index < -0.39 is 6.10 Å². The first-order chi connectivity index (χ1) is 12.9. The van der Waals surface area contributed by atoms with E-state index in [-0.39, 0.29) is 28.8 Å². The number of carbonyl (C=O) groups is 2. The van der Waals surface area contributed by atoms with Crippen LogP contribution < -0.4 is 0 Å². The van der Waals surface area contributed by atoms with Crippen LogP contribution in [0.15, 0.2) is 21.8 Å². The summed E-state index contributed by atoms with van der Waals surface area (Å²) in [5.41, 5.74) is 3.72. The van der Waals surface area contributed by atoms with E-state index in [1.807, 2.05) is 0 Å². The van der Waals surface area contributed by atoms with Crippen molar-refractivity contribution in [3.63, 3.8) is 0 Å². The predicted octanol–water partition coefficient (Wildman–Crippen LogP) is 4.95. The van der Waals surface area contributed by atoms with Crippen molar-refractivity contribution in [1.29, 1.82) is 0 Å². The first-order valence-corrected chi connectivity index (χ1v) is 10.4. The van der Waals surface area contributed by atoms with Gasteiger partial charge in [-0.25, -0.2) is 0 Å². The molecule has 0 aliphatic heterocycles. The fourth-order valence-electron chi connectivity index (χ4n) is 5.97. The van der Waals surface area contributed by atoms with E-state index >= 15 is 0 Å². The number of allylic oxidation sites excluding steroid dienone is 2. The van der Waals surface area contributed by atoms with E-state index in [1.165, 1.54) is 5.57 Å². The summed E-state index contributed by atoms with van der Waals surface area (Å²) in [6.07, 6.45) is 8.05. The van der Waals surface area contributed by atoms with Crippen molar-refractivity contribution in [2.45, 2.75) is 78.2 Å². The van der Waals surface area contributed by atoms with Crippen LogP contribution in [-0.4, -0.2) is 16.7 Å². The van der Waals surface area contributed by atoms with E-state index in [9.17, 15) is 14.7 Å². The van der Waals surface area contributed by atoms with Gasteiger partial charge < -0.3 is 9.52 Å². The number of furan rings is 1. The van der Waals surface area contributed by atoms with Gasteiger partial charge in [0.1, 0.15) is 5.78 Å². The molecule has 4 atom stereocenters. The van der Waals surface area contributed by atoms with Crippen molar-refractivity contribution in [3.05, 3.63) is 34.3 Å². The minimum atomic E-state index is -0.560. The van der Waals surface area contributed by atoms with Gasteiger partial charge in [-0.15, -0.1) is 0 Å². The lowest BCUT2D eigenvalue weighted by atomic mass is 9.60. The maximum absolute atomic E-state index is 13.3. The molecule has 0 aromatic carbocycles. The van der Waals surface area contributed by atoms with Crippen LogP contribution in [0.25, 0.3) is 0 Å². The second-order valence-corrected chi connectivity index (χ2v) is 8.98. The SMILES string of the molecule is CCCC[C@H](O)c1coc2c1CC1=C(C2=O)[C@@H]2CC[C@H](C(C)=O)[C@@]2(C)CC1. The maximum Gasteiger partial charge on any atom is 0.224 e. The van der Waals surface area contributed by atoms with Crippen LogP contribution in [0.4, 0.5) is 0 Å². The Balaban J connectivity index is 1.67. The molecule has 0 spiro atoms. The first-order valence-electron chi connectivity index (χ1n) is 10.4. The third-order valence-corrected chi connectivity index (χ3v) is 7.48. The minimum absolute atomic E-state index is 0.000295. The number of hydrogen-bond acceptors (Lipinski definition) is 4. The summed E-state index contributed by atoms with van der Waals surface area (Å²) in [5, 5.41) is 10.5. The molecular weight excluding hydrogens is 340 g/mol. The molecule has 0 unspecified atom stereocenters. The lowest BCUT2D eigenvalue weighted by Gasteiger charge is -2.43. The lowest BCUT2D eigenvalue weighted by Crippen LogP contribution is -2.39. The van der Waals surface area contributed by atoms with Gasteiger partial charge in [0.15, 0.2) is 5.76 Å². The highest BCUT2D eigenvalue weighted by molar-refractivity contribution is 6.10. The van der Waals surface area contributed by atoms with Crippen LogP contribution in [-0.2, 0) is 11.2 Å². The Bertz CT molecular complexity index is 814. The van der Waals surface area contributed by atoms with Crippen LogP contribution in [0.2, 0.25) is 0 Å². The molecule has 3 aliphatic carbocycles. The zero-order valence-electron chi connectivity index (χ0n) is 16.6. The average molecular weight is 370 g/mol. The smallest absolute Gasteiger partial charge is 0.224 e. The molecule has 0 saturated heterocycles. The minimum Gasteiger partial charge on any atom is -0.460 e. The number of hydrogen-bond donors (Lipinski definition) is 1. The van der Waals surface area contributed by atoms with Crippen LogP contribution in [0, 0.1) is 17.3 Å². The number of fused-ring (bicyclic) bond motifs is 3. The third kappa shape index (κ3) is 2.75. The summed E-state index contributed by atoms with van der Waals surface area (Å²) in [6, 6.07) is 0. The number of unbranched alkanes of at least 4 members (excludes halogenated alkanes) is 1. The summed E-state index contributed by atoms with van der Waals surface area (Å²) in [6.45, 7) is 6.00. The van der Waals surface area contributed by atoms with Gasteiger partial charge in [0.25, 0.3) is 0 Å². The van der Waals surface area contributed by atoms with E-state index in [2.05, 4.69) is 13.8 Å². The van der Waals surface area contributed by atoms with E-state index in [0.717, 1.165) is 55.2 Å². The molecule has 1 fully saturated rings. The van der Waals surface area contributed by atoms with Crippen LogP contribution in [0.3, 0.4) is 0 Å². The molecule has 146 valence electrons. The number of rotatable bonds is 5. The monoisotopic (exact) mass is 370 g/mol. The van der Waals surface area contributed by atoms with Crippen molar-refractivity contribution in [2.24, 2.45) is 17.3 Å². The Morgan fingerprint density at radius 3 is 2.89 bits per heavy atom. The zero-order valence-corrected chi connectivity index (χ0v) is 16.6. The van der Waals surface area contributed by atoms with E-state index in [4.69, 9.17) is 4.42 Å². The van der Waals surface area contributed by atoms with Crippen LogP contribution in [0.1, 0.15) is 93.5 Å². The Hall–Kier alpha value is -1.68. The Kier molecular flexibility index (Phi) is 4.66. The Labute approximate surface area is 161 Å². The quantitative estimate of drug-likeness (QED) is 0.796. The van der Waals surface area contributed by atoms with Crippen LogP contribution in [0.5, 0.6) is 0 Å². The van der Waals surface area contributed by atoms with Gasteiger partial charge in [-0.3, -0.25) is 9.59 Å². The van der Waals surface area contributed by atoms with E-state index in [0.29, 0.717) is 18.6 Å². The van der Waals surface area contributed by atoms with Gasteiger partial charge in [-0.05, 0) is 56.8 Å². The predicted molar refractivity (Wildman–Crippen MR) is 102 cm³/mol. The van der Waals surface area contributed by atoms with Gasteiger partial charge in [-0.2, -0.15) is 0 Å². The Morgan fingerprint density at radius 1 is 1.41 bits per heavy atom. The van der Waals surface area contributed by atoms with Gasteiger partial charge in [0.2, 0.25) is 5.78 Å². The molecule has 0 bridgehead atoms. The first kappa shape index (κ1) is 18.7. The van der Waals surface area contributed by atoms with Crippen molar-refractivity contribution in [3.8, 4) is 0 Å². The van der Waals surface area contributed by atoms with Gasteiger partial charge in [-0.1, -0.05) is 32.3 Å². The molecule has 4 heteroatoms. The highest BCUT2D eigenvalue weighted by Crippen LogP contribution is 2.59. The van der Waals surface area contributed by atoms with Crippen molar-refractivity contribution >= 4 is 11.6 Å². The molecule has 3 aliphatic rings. The summed E-state index contributed by atoms with van der Waals surface area (Å²) < 4.78 is 5.69. The van der Waals surface area contributed by atoms with Crippen molar-refractivity contribution in [1.82, 2.24) is 0 Å². The Morgan fingerprint density at radius 2 is 2.19 bits per heavy atom. The second kappa shape index (κ2) is 6.73. The molecule has 27 heavy (non-hydrogen) atoms. The molecule has 1 saturated carbocycles. The highest BCUT2D eigenvalue weighted by atomic mass is 16.3. The van der Waals surface area contributed by atoms with Gasteiger partial charge in [0, 0.05) is 22.6 Å². The van der Waals surface area contributed by atoms with Gasteiger partial charge >= 0.3 is 0 Å². The summed E-state index contributed by atoms with van der Waals surface area (Å²) >= 11 is 0. The summed E-state index contributed by atoms with van der Waals surface area (Å²) in [7, 11) is 0. The fraction of sp³-hybridized carbons (Fsp3) is 0.652. The van der Waals surface area contributed by atoms with Crippen molar-refractivity contribution in [2.75, 3.05) is 0 Å². The molecule has 4 nitrogen and oxygen atoms in total. The number of Topliss-reactive ketones (excluding diaryl/α,β-unsaturated/α-hetero) is 2. The fourth-order valence-corrected chi connectivity index (χ4v) is 5.97. The standard InChI is InChI=1S/C23H30O4/c1-4-5-6-19(25)16-12-27-22-15(16)11-14-9-10-23(3)17(13(2)24)7-8-18(23)20(14)21(22)26/h12,17-19,25H,4-11H2,1-3H3/t17-,18+,19+,23-/m1/s1. The molecular formula is C23H30O4. The molecule has 1 aromatic rings. The molecule has 1 aromatic heterocycles. The topological polar surface area (TPSA) is 67.5 Å². The number of carbonyl (C=O) groups excluding carboxylic acids is 2. The number of ketones is 2. The number of aliphatic hydroxyl groups is 1. The third-order valence-electron chi connectivity index (χ3n) is 7.48. The highest BCUT2D eigenvalue weighted by Gasteiger charge is 2.54. The second-order valence-electron chi connectivity index (χ2n) is 8.98. The summed E-state index contributed by atoms with van der Waals surface area (Å²) in [5.74, 6) is 0.908. The molecule has 1 heterocycles. The van der Waals surface area contributed by atoms with Crippen molar-refractivity contribution < 1.29 is 19.1 Å². The lowest BCUT2D eigenvalue weighted by molar-refractivity contribution is -0.124. The largest absolute Gasteiger partial charge is 0.460 e. The number of aliphatic hydroxyl groups excluding tert-OH is 1. The molecule has 4 rings (SSSR count). The molecule has 0 amide bonds. The normalized spacial score (nSPS) is 30.7. The van der Waals surface area contributed by atoms with E-state index in [1.54, 1.807) is 13.2 Å². The zero-order chi connectivity index (χ0) is 19.3. The molecule has 1 N–H and O–H groups in total. The van der Waals surface area contributed by atoms with Gasteiger partial charge in [0.05, 0.1) is 12.4 Å². The van der Waals surface area contributed by atoms with Crippen LogP contribution >= 0.6 is 0 Å². The molecule has 0 radical (unpaired) electrons. The average Bonchev–Trinajstić information content (AvgIpc) is 3.21.